The molecule has 1 fully saturated rings. The van der Waals surface area contributed by atoms with Crippen molar-refractivity contribution in [2.24, 2.45) is 0 Å². The van der Waals surface area contributed by atoms with Crippen molar-refractivity contribution in [2.75, 3.05) is 36.9 Å². The van der Waals surface area contributed by atoms with E-state index in [2.05, 4.69) is 30.6 Å². The van der Waals surface area contributed by atoms with Gasteiger partial charge in [-0.25, -0.2) is 18.7 Å². The first-order valence-electron chi connectivity index (χ1n) is 14.3. The highest BCUT2D eigenvalue weighted by Gasteiger charge is 2.23. The van der Waals surface area contributed by atoms with Gasteiger partial charge >= 0.3 is 0 Å². The third-order valence-corrected chi connectivity index (χ3v) is 6.99. The zero-order chi connectivity index (χ0) is 30.3. The largest absolute Gasteiger partial charge is 0.493 e. The minimum atomic E-state index is -1.12. The van der Waals surface area contributed by atoms with Crippen LogP contribution in [0.25, 0.3) is 10.9 Å². The molecule has 1 saturated heterocycles. The lowest BCUT2D eigenvalue weighted by Crippen LogP contribution is -2.33. The Morgan fingerprint density at radius 3 is 2.91 bits per heavy atom. The molecule has 11 nitrogen and oxygen atoms in total. The third kappa shape index (κ3) is 7.73. The van der Waals surface area contributed by atoms with Gasteiger partial charge in [-0.1, -0.05) is 6.07 Å². The topological polar surface area (TPSA) is 127 Å². The second kappa shape index (κ2) is 13.7. The number of anilines is 3. The summed E-state index contributed by atoms with van der Waals surface area (Å²) in [6, 6.07) is 7.48. The molecule has 5 rings (SSSR count). The molecule has 0 aliphatic carbocycles. The summed E-state index contributed by atoms with van der Waals surface area (Å²) in [7, 11) is 0. The molecule has 1 aliphatic heterocycles. The van der Waals surface area contributed by atoms with Crippen LogP contribution in [-0.2, 0) is 11.3 Å². The first-order valence-corrected chi connectivity index (χ1v) is 14.3. The number of ether oxygens (including phenoxy) is 2. The molecule has 3 N–H and O–H groups in total. The average molecular weight is 596 g/mol. The molecular formula is C30H35F2N7O4. The highest BCUT2D eigenvalue weighted by molar-refractivity contribution is 5.90. The molecule has 2 aromatic heterocycles. The normalized spacial score (nSPS) is 15.3. The lowest BCUT2D eigenvalue weighted by atomic mass is 10.2. The molecule has 1 amide bonds. The van der Waals surface area contributed by atoms with E-state index in [4.69, 9.17) is 9.47 Å². The smallest absolute Gasteiger partial charge is 0.246 e. The highest BCUT2D eigenvalue weighted by Crippen LogP contribution is 2.32. The molecule has 0 spiro atoms. The summed E-state index contributed by atoms with van der Waals surface area (Å²) >= 11 is 0. The molecule has 1 aliphatic rings. The van der Waals surface area contributed by atoms with Crippen molar-refractivity contribution in [3.05, 3.63) is 60.6 Å². The maximum Gasteiger partial charge on any atom is 0.246 e. The summed E-state index contributed by atoms with van der Waals surface area (Å²) in [5.74, 6) is -1.20. The van der Waals surface area contributed by atoms with Crippen LogP contribution in [0.15, 0.2) is 48.9 Å². The number of nitrogens with one attached hydrogen (secondary N) is 2. The maximum atomic E-state index is 13.9. The van der Waals surface area contributed by atoms with Crippen LogP contribution in [0.4, 0.5) is 26.1 Å². The van der Waals surface area contributed by atoms with E-state index in [1.54, 1.807) is 12.4 Å². The molecule has 4 aromatic rings. The number of hydrogen-bond donors (Lipinski definition) is 3. The monoisotopic (exact) mass is 595 g/mol. The Balaban J connectivity index is 1.24. The summed E-state index contributed by atoms with van der Waals surface area (Å²) in [6.45, 7) is 6.22. The Bertz CT molecular complexity index is 1570. The van der Waals surface area contributed by atoms with Crippen molar-refractivity contribution >= 4 is 34.1 Å². The molecule has 0 bridgehead atoms. The first kappa shape index (κ1) is 30.1. The lowest BCUT2D eigenvalue weighted by Gasteiger charge is -2.22. The quantitative estimate of drug-likeness (QED) is 0.192. The highest BCUT2D eigenvalue weighted by atomic mass is 19.2. The standard InChI is InChI=1S/C30H35F2N7O4/c1-19(2)43-27-13-22(42-11-5-10-38-9-4-6-21(38)18-40)12-26-23(27)15-33-30(37-26)35-20-14-34-39(16-20)17-28(41)36-25-8-3-7-24(31)29(25)32/h3,7-8,12-16,19,21,40H,4-6,9-11,17-18H2,1-2H3,(H,36,41)(H,33,35,37)/t21-/m1/s1. The van der Waals surface area contributed by atoms with Gasteiger partial charge in [-0.15, -0.1) is 0 Å². The fourth-order valence-electron chi connectivity index (χ4n) is 5.01. The number of benzene rings is 2. The van der Waals surface area contributed by atoms with Crippen molar-refractivity contribution in [3.63, 3.8) is 0 Å². The molecule has 2 aromatic carbocycles. The number of aromatic nitrogens is 4. The summed E-state index contributed by atoms with van der Waals surface area (Å²) < 4.78 is 40.7. The van der Waals surface area contributed by atoms with Gasteiger partial charge in [0, 0.05) is 37.1 Å². The van der Waals surface area contributed by atoms with Crippen molar-refractivity contribution < 1.29 is 28.2 Å². The number of carbonyl (C=O) groups is 1. The number of nitrogens with zero attached hydrogens (tertiary/aromatic N) is 5. The van der Waals surface area contributed by atoms with E-state index in [1.165, 1.54) is 23.0 Å². The number of halogens is 2. The van der Waals surface area contributed by atoms with Crippen LogP contribution in [0, 0.1) is 11.6 Å². The number of carbonyl (C=O) groups excluding carboxylic acids is 1. The number of fused-ring (bicyclic) bond motifs is 1. The molecule has 3 heterocycles. The van der Waals surface area contributed by atoms with Crippen molar-refractivity contribution in [3.8, 4) is 11.5 Å². The summed E-state index contributed by atoms with van der Waals surface area (Å²) in [5.41, 5.74) is 0.902. The number of rotatable bonds is 13. The predicted octanol–water partition coefficient (Wildman–Crippen LogP) is 4.50. The van der Waals surface area contributed by atoms with E-state index >= 15 is 0 Å². The molecule has 0 unspecified atom stereocenters. The number of aliphatic hydroxyl groups excluding tert-OH is 1. The fourth-order valence-corrected chi connectivity index (χ4v) is 5.01. The Morgan fingerprint density at radius 1 is 1.23 bits per heavy atom. The molecule has 13 heteroatoms. The van der Waals surface area contributed by atoms with Crippen molar-refractivity contribution in [2.45, 2.75) is 51.8 Å². The third-order valence-electron chi connectivity index (χ3n) is 6.99. The summed E-state index contributed by atoms with van der Waals surface area (Å²) in [5, 5.41) is 19.8. The first-order chi connectivity index (χ1) is 20.8. The summed E-state index contributed by atoms with van der Waals surface area (Å²) in [6.07, 6.45) is 7.63. The van der Waals surface area contributed by atoms with Gasteiger partial charge in [0.05, 0.1) is 47.8 Å². The Morgan fingerprint density at radius 2 is 2.09 bits per heavy atom. The number of aliphatic hydroxyl groups is 1. The van der Waals surface area contributed by atoms with Crippen LogP contribution >= 0.6 is 0 Å². The average Bonchev–Trinajstić information content (AvgIpc) is 3.62. The molecule has 43 heavy (non-hydrogen) atoms. The van der Waals surface area contributed by atoms with Gasteiger partial charge in [-0.3, -0.25) is 14.4 Å². The van der Waals surface area contributed by atoms with Crippen LogP contribution in [0.5, 0.6) is 11.5 Å². The molecule has 0 radical (unpaired) electrons. The predicted molar refractivity (Wildman–Crippen MR) is 158 cm³/mol. The second-order valence-corrected chi connectivity index (χ2v) is 10.6. The van der Waals surface area contributed by atoms with E-state index in [9.17, 15) is 18.7 Å². The van der Waals surface area contributed by atoms with E-state index in [-0.39, 0.29) is 31.0 Å². The summed E-state index contributed by atoms with van der Waals surface area (Å²) in [4.78, 5) is 23.7. The second-order valence-electron chi connectivity index (χ2n) is 10.6. The Kier molecular flexibility index (Phi) is 9.62. The number of likely N-dealkylation sites (tertiary alicyclic amines) is 1. The SMILES string of the molecule is CC(C)Oc1cc(OCCCN2CCC[C@@H]2CO)cc2nc(Nc3cnn(CC(=O)Nc4cccc(F)c4F)c3)ncc12. The molecule has 0 saturated carbocycles. The van der Waals surface area contributed by atoms with E-state index in [0.717, 1.165) is 43.8 Å². The van der Waals surface area contributed by atoms with Crippen molar-refractivity contribution in [1.29, 1.82) is 0 Å². The van der Waals surface area contributed by atoms with E-state index in [0.29, 0.717) is 35.3 Å². The molecule has 1 atom stereocenters. The van der Waals surface area contributed by atoms with Gasteiger partial charge in [-0.2, -0.15) is 5.10 Å². The Hall–Kier alpha value is -4.36. The number of amides is 1. The van der Waals surface area contributed by atoms with Crippen LogP contribution in [-0.4, -0.2) is 74.1 Å². The van der Waals surface area contributed by atoms with E-state index < -0.39 is 17.5 Å². The van der Waals surface area contributed by atoms with Crippen molar-refractivity contribution in [1.82, 2.24) is 24.6 Å². The van der Waals surface area contributed by atoms with Gasteiger partial charge in [0.1, 0.15) is 18.0 Å². The zero-order valence-electron chi connectivity index (χ0n) is 24.1. The number of hydrogen-bond acceptors (Lipinski definition) is 9. The van der Waals surface area contributed by atoms with Gasteiger partial charge in [0.25, 0.3) is 0 Å². The van der Waals surface area contributed by atoms with Crippen LogP contribution in [0.2, 0.25) is 0 Å². The minimum Gasteiger partial charge on any atom is -0.493 e. The minimum absolute atomic E-state index is 0.0673. The van der Waals surface area contributed by atoms with E-state index in [1.807, 2.05) is 26.0 Å². The van der Waals surface area contributed by atoms with Crippen LogP contribution in [0.3, 0.4) is 0 Å². The van der Waals surface area contributed by atoms with Gasteiger partial charge < -0.3 is 25.2 Å². The fraction of sp³-hybridized carbons (Fsp3) is 0.400. The van der Waals surface area contributed by atoms with Gasteiger partial charge in [0.15, 0.2) is 11.6 Å². The molecule has 228 valence electrons. The Labute approximate surface area is 247 Å². The maximum absolute atomic E-state index is 13.9. The van der Waals surface area contributed by atoms with Crippen LogP contribution in [0.1, 0.15) is 33.1 Å². The zero-order valence-corrected chi connectivity index (χ0v) is 24.1. The van der Waals surface area contributed by atoms with Gasteiger partial charge in [-0.05, 0) is 51.8 Å². The molecular weight excluding hydrogens is 560 g/mol. The lowest BCUT2D eigenvalue weighted by molar-refractivity contribution is -0.116. The van der Waals surface area contributed by atoms with Crippen LogP contribution < -0.4 is 20.1 Å². The van der Waals surface area contributed by atoms with Gasteiger partial charge in [0.2, 0.25) is 11.9 Å².